The molecule has 1 aromatic rings. The average Bonchev–Trinajstić information content (AvgIpc) is 2.41. The normalized spacial score (nSPS) is 15.7. The van der Waals surface area contributed by atoms with Gasteiger partial charge in [-0.3, -0.25) is 4.79 Å². The van der Waals surface area contributed by atoms with E-state index in [4.69, 9.17) is 11.6 Å². The molecule has 0 radical (unpaired) electrons. The number of benzene rings is 1. The van der Waals surface area contributed by atoms with E-state index in [1.807, 2.05) is 24.1 Å². The summed E-state index contributed by atoms with van der Waals surface area (Å²) in [6.07, 6.45) is 0. The van der Waals surface area contributed by atoms with Crippen LogP contribution in [-0.4, -0.2) is 44.0 Å². The fraction of sp³-hybridized carbons (Fsp3) is 0.500. The number of carbonyl (C=O) groups excluding carboxylic acids is 1. The molecule has 5 heteroatoms. The van der Waals surface area contributed by atoms with Crippen LogP contribution in [0.15, 0.2) is 18.2 Å². The maximum absolute atomic E-state index is 11.3. The van der Waals surface area contributed by atoms with Gasteiger partial charge in [-0.1, -0.05) is 17.7 Å². The Bertz CT molecular complexity index is 456. The third-order valence-electron chi connectivity index (χ3n) is 3.51. The van der Waals surface area contributed by atoms with Crippen LogP contribution < -0.4 is 10.2 Å². The quantitative estimate of drug-likeness (QED) is 0.917. The van der Waals surface area contributed by atoms with Crippen LogP contribution in [0.25, 0.3) is 0 Å². The zero-order valence-corrected chi connectivity index (χ0v) is 12.2. The van der Waals surface area contributed by atoms with Crippen molar-refractivity contribution in [2.45, 2.75) is 13.5 Å². The van der Waals surface area contributed by atoms with E-state index in [9.17, 15) is 4.79 Å². The predicted octanol–water partition coefficient (Wildman–Crippen LogP) is 1.73. The van der Waals surface area contributed by atoms with E-state index in [1.165, 1.54) is 5.69 Å². The van der Waals surface area contributed by atoms with E-state index in [0.717, 1.165) is 43.3 Å². The lowest BCUT2D eigenvalue weighted by molar-refractivity contribution is -0.129. The molecule has 104 valence electrons. The second-order valence-corrected chi connectivity index (χ2v) is 5.17. The summed E-state index contributed by atoms with van der Waals surface area (Å²) in [6, 6.07) is 6.00. The van der Waals surface area contributed by atoms with E-state index in [-0.39, 0.29) is 5.91 Å². The first-order chi connectivity index (χ1) is 9.13. The number of anilines is 1. The third kappa shape index (κ3) is 3.19. The minimum atomic E-state index is 0.154. The lowest BCUT2D eigenvalue weighted by atomic mass is 10.1. The molecule has 1 N–H and O–H groups in total. The molecule has 19 heavy (non-hydrogen) atoms. The molecule has 1 aliphatic heterocycles. The van der Waals surface area contributed by atoms with Gasteiger partial charge in [0.25, 0.3) is 0 Å². The first-order valence-electron chi connectivity index (χ1n) is 6.56. The molecule has 0 bridgehead atoms. The minimum absolute atomic E-state index is 0.154. The molecule has 0 atom stereocenters. The zero-order chi connectivity index (χ0) is 13.8. The molecule has 0 spiro atoms. The molecular formula is C14H20ClN3O. The van der Waals surface area contributed by atoms with Crippen molar-refractivity contribution >= 4 is 23.2 Å². The summed E-state index contributed by atoms with van der Waals surface area (Å²) in [5, 5.41) is 3.95. The Kier molecular flexibility index (Phi) is 4.66. The van der Waals surface area contributed by atoms with Crippen LogP contribution >= 0.6 is 11.6 Å². The standard InChI is InChI=1S/C14H20ClN3O/c1-11(19)17-6-8-18(9-7-17)14-5-3-4-13(15)12(14)10-16-2/h3-5,16H,6-10H2,1-2H3. The van der Waals surface area contributed by atoms with Crippen molar-refractivity contribution in [1.29, 1.82) is 0 Å². The third-order valence-corrected chi connectivity index (χ3v) is 3.87. The lowest BCUT2D eigenvalue weighted by Crippen LogP contribution is -2.48. The van der Waals surface area contributed by atoms with Gasteiger partial charge in [-0.05, 0) is 19.2 Å². The van der Waals surface area contributed by atoms with Gasteiger partial charge in [0.1, 0.15) is 0 Å². The van der Waals surface area contributed by atoms with Crippen molar-refractivity contribution in [2.24, 2.45) is 0 Å². The van der Waals surface area contributed by atoms with Crippen LogP contribution in [0.1, 0.15) is 12.5 Å². The Morgan fingerprint density at radius 3 is 2.58 bits per heavy atom. The number of carbonyl (C=O) groups is 1. The van der Waals surface area contributed by atoms with Crippen molar-refractivity contribution in [2.75, 3.05) is 38.1 Å². The number of piperazine rings is 1. The number of nitrogens with one attached hydrogen (secondary N) is 1. The van der Waals surface area contributed by atoms with Gasteiger partial charge in [0, 0.05) is 55.9 Å². The van der Waals surface area contributed by atoms with Gasteiger partial charge in [-0.2, -0.15) is 0 Å². The van der Waals surface area contributed by atoms with Gasteiger partial charge in [0.2, 0.25) is 5.91 Å². The summed E-state index contributed by atoms with van der Waals surface area (Å²) >= 11 is 6.28. The first kappa shape index (κ1) is 14.2. The van der Waals surface area contributed by atoms with Gasteiger partial charge < -0.3 is 15.1 Å². The fourth-order valence-electron chi connectivity index (χ4n) is 2.46. The smallest absolute Gasteiger partial charge is 0.219 e. The maximum atomic E-state index is 11.3. The molecule has 1 fully saturated rings. The van der Waals surface area contributed by atoms with Crippen LogP contribution in [0.5, 0.6) is 0 Å². The van der Waals surface area contributed by atoms with Gasteiger partial charge >= 0.3 is 0 Å². The Labute approximate surface area is 119 Å². The van der Waals surface area contributed by atoms with Crippen molar-refractivity contribution in [1.82, 2.24) is 10.2 Å². The Morgan fingerprint density at radius 1 is 1.32 bits per heavy atom. The predicted molar refractivity (Wildman–Crippen MR) is 78.7 cm³/mol. The molecule has 1 aromatic carbocycles. The van der Waals surface area contributed by atoms with Crippen molar-refractivity contribution in [3.05, 3.63) is 28.8 Å². The van der Waals surface area contributed by atoms with Crippen molar-refractivity contribution in [3.8, 4) is 0 Å². The molecule has 1 aliphatic rings. The molecule has 1 amide bonds. The molecule has 2 rings (SSSR count). The van der Waals surface area contributed by atoms with Crippen LogP contribution in [0, 0.1) is 0 Å². The lowest BCUT2D eigenvalue weighted by Gasteiger charge is -2.36. The zero-order valence-electron chi connectivity index (χ0n) is 11.4. The van der Waals surface area contributed by atoms with Crippen molar-refractivity contribution < 1.29 is 4.79 Å². The Balaban J connectivity index is 2.15. The summed E-state index contributed by atoms with van der Waals surface area (Å²) < 4.78 is 0. The highest BCUT2D eigenvalue weighted by Crippen LogP contribution is 2.28. The molecule has 1 heterocycles. The summed E-state index contributed by atoms with van der Waals surface area (Å²) in [4.78, 5) is 15.5. The summed E-state index contributed by atoms with van der Waals surface area (Å²) in [6.45, 7) is 5.65. The molecule has 0 unspecified atom stereocenters. The number of halogens is 1. The molecule has 1 saturated heterocycles. The Hall–Kier alpha value is -1.26. The van der Waals surface area contributed by atoms with E-state index in [1.54, 1.807) is 6.92 Å². The molecular weight excluding hydrogens is 262 g/mol. The van der Waals surface area contributed by atoms with E-state index >= 15 is 0 Å². The van der Waals surface area contributed by atoms with Crippen molar-refractivity contribution in [3.63, 3.8) is 0 Å². The second-order valence-electron chi connectivity index (χ2n) is 4.76. The van der Waals surface area contributed by atoms with Crippen LogP contribution in [0.3, 0.4) is 0 Å². The summed E-state index contributed by atoms with van der Waals surface area (Å²) in [5.74, 6) is 0.154. The van der Waals surface area contributed by atoms with E-state index in [0.29, 0.717) is 0 Å². The molecule has 0 saturated carbocycles. The highest BCUT2D eigenvalue weighted by molar-refractivity contribution is 6.31. The SMILES string of the molecule is CNCc1c(Cl)cccc1N1CCN(C(C)=O)CC1. The number of nitrogens with zero attached hydrogens (tertiary/aromatic N) is 2. The number of rotatable bonds is 3. The van der Waals surface area contributed by atoms with Gasteiger partial charge in [-0.25, -0.2) is 0 Å². The van der Waals surface area contributed by atoms with E-state index in [2.05, 4.69) is 16.3 Å². The largest absolute Gasteiger partial charge is 0.368 e. The highest BCUT2D eigenvalue weighted by Gasteiger charge is 2.21. The Morgan fingerprint density at radius 2 is 2.00 bits per heavy atom. The fourth-order valence-corrected chi connectivity index (χ4v) is 2.69. The van der Waals surface area contributed by atoms with Gasteiger partial charge in [0.15, 0.2) is 0 Å². The van der Waals surface area contributed by atoms with Crippen LogP contribution in [0.2, 0.25) is 5.02 Å². The van der Waals surface area contributed by atoms with Gasteiger partial charge in [0.05, 0.1) is 0 Å². The van der Waals surface area contributed by atoms with Crippen LogP contribution in [-0.2, 0) is 11.3 Å². The highest BCUT2D eigenvalue weighted by atomic mass is 35.5. The summed E-state index contributed by atoms with van der Waals surface area (Å²) in [7, 11) is 1.92. The second kappa shape index (κ2) is 6.26. The number of amides is 1. The maximum Gasteiger partial charge on any atom is 0.219 e. The molecule has 0 aromatic heterocycles. The van der Waals surface area contributed by atoms with E-state index < -0.39 is 0 Å². The summed E-state index contributed by atoms with van der Waals surface area (Å²) in [5.41, 5.74) is 2.30. The average molecular weight is 282 g/mol. The number of hydrogen-bond donors (Lipinski definition) is 1. The monoisotopic (exact) mass is 281 g/mol. The first-order valence-corrected chi connectivity index (χ1v) is 6.93. The molecule has 0 aliphatic carbocycles. The van der Waals surface area contributed by atoms with Gasteiger partial charge in [-0.15, -0.1) is 0 Å². The molecule has 4 nitrogen and oxygen atoms in total. The minimum Gasteiger partial charge on any atom is -0.368 e. The van der Waals surface area contributed by atoms with Crippen LogP contribution in [0.4, 0.5) is 5.69 Å². The topological polar surface area (TPSA) is 35.6 Å². The number of hydrogen-bond acceptors (Lipinski definition) is 3.